The summed E-state index contributed by atoms with van der Waals surface area (Å²) >= 11 is 0. The topological polar surface area (TPSA) is 68.5 Å². The van der Waals surface area contributed by atoms with Crippen molar-refractivity contribution in [3.63, 3.8) is 0 Å². The fourth-order valence-corrected chi connectivity index (χ4v) is 2.84. The van der Waals surface area contributed by atoms with E-state index < -0.39 is 0 Å². The molecule has 0 bridgehead atoms. The second kappa shape index (κ2) is 8.57. The Labute approximate surface area is 172 Å². The first-order valence-corrected chi connectivity index (χ1v) is 9.25. The van der Waals surface area contributed by atoms with E-state index in [0.717, 1.165) is 5.56 Å². The summed E-state index contributed by atoms with van der Waals surface area (Å²) in [7, 11) is 1.61. The number of carbonyl (C=O) groups is 1. The molecule has 0 unspecified atom stereocenters. The van der Waals surface area contributed by atoms with Crippen LogP contribution in [0.5, 0.6) is 5.75 Å². The SMILES string of the molecule is CN(C(=O)COc1ccccc1-c1nnc(-c2ccccc2)o1)c1ccc(F)cc1. The summed E-state index contributed by atoms with van der Waals surface area (Å²) in [6.07, 6.45) is 0. The zero-order chi connectivity index (χ0) is 20.9. The summed E-state index contributed by atoms with van der Waals surface area (Å²) in [5.74, 6) is 0.490. The number of ether oxygens (including phenoxy) is 1. The number of amides is 1. The molecule has 3 aromatic carbocycles. The number of para-hydroxylation sites is 1. The van der Waals surface area contributed by atoms with Gasteiger partial charge < -0.3 is 14.1 Å². The zero-order valence-corrected chi connectivity index (χ0v) is 16.2. The van der Waals surface area contributed by atoms with Crippen LogP contribution in [0.3, 0.4) is 0 Å². The van der Waals surface area contributed by atoms with E-state index in [0.29, 0.717) is 28.8 Å². The maximum atomic E-state index is 13.1. The van der Waals surface area contributed by atoms with Gasteiger partial charge in [-0.05, 0) is 48.5 Å². The molecule has 0 spiro atoms. The maximum Gasteiger partial charge on any atom is 0.264 e. The van der Waals surface area contributed by atoms with Crippen LogP contribution in [-0.2, 0) is 4.79 Å². The summed E-state index contributed by atoms with van der Waals surface area (Å²) in [6, 6.07) is 22.2. The van der Waals surface area contributed by atoms with Gasteiger partial charge >= 0.3 is 0 Å². The van der Waals surface area contributed by atoms with Gasteiger partial charge in [-0.2, -0.15) is 0 Å². The average Bonchev–Trinajstić information content (AvgIpc) is 3.28. The monoisotopic (exact) mass is 403 g/mol. The molecule has 0 aliphatic rings. The number of anilines is 1. The molecular formula is C23H18FN3O3. The second-order valence-electron chi connectivity index (χ2n) is 6.49. The molecule has 0 radical (unpaired) electrons. The number of rotatable bonds is 6. The molecule has 4 aromatic rings. The van der Waals surface area contributed by atoms with Crippen molar-refractivity contribution in [1.29, 1.82) is 0 Å². The standard InChI is InChI=1S/C23H18FN3O3/c1-27(18-13-11-17(24)12-14-18)21(28)15-29-20-10-6-5-9-19(20)23-26-25-22(30-23)16-7-3-2-4-8-16/h2-14H,15H2,1H3. The smallest absolute Gasteiger partial charge is 0.264 e. The highest BCUT2D eigenvalue weighted by atomic mass is 19.1. The van der Waals surface area contributed by atoms with Gasteiger partial charge in [0.25, 0.3) is 11.8 Å². The highest BCUT2D eigenvalue weighted by Gasteiger charge is 2.17. The van der Waals surface area contributed by atoms with Gasteiger partial charge in [0, 0.05) is 18.3 Å². The molecule has 6 nitrogen and oxygen atoms in total. The van der Waals surface area contributed by atoms with E-state index in [4.69, 9.17) is 9.15 Å². The van der Waals surface area contributed by atoms with Gasteiger partial charge in [-0.1, -0.05) is 30.3 Å². The van der Waals surface area contributed by atoms with Crippen molar-refractivity contribution in [2.45, 2.75) is 0 Å². The van der Waals surface area contributed by atoms with Crippen molar-refractivity contribution in [2.24, 2.45) is 0 Å². The number of benzene rings is 3. The van der Waals surface area contributed by atoms with Crippen LogP contribution < -0.4 is 9.64 Å². The molecule has 0 fully saturated rings. The Hall–Kier alpha value is -4.00. The molecule has 0 N–H and O–H groups in total. The molecule has 0 aliphatic heterocycles. The van der Waals surface area contributed by atoms with E-state index in [1.165, 1.54) is 29.2 Å². The molecule has 0 aliphatic carbocycles. The van der Waals surface area contributed by atoms with E-state index in [2.05, 4.69) is 10.2 Å². The molecule has 1 amide bonds. The van der Waals surface area contributed by atoms with Crippen LogP contribution in [0, 0.1) is 5.82 Å². The van der Waals surface area contributed by atoms with E-state index >= 15 is 0 Å². The second-order valence-corrected chi connectivity index (χ2v) is 6.49. The van der Waals surface area contributed by atoms with Crippen LogP contribution in [0.1, 0.15) is 0 Å². The molecule has 30 heavy (non-hydrogen) atoms. The Morgan fingerprint density at radius 3 is 2.37 bits per heavy atom. The fraction of sp³-hybridized carbons (Fsp3) is 0.0870. The highest BCUT2D eigenvalue weighted by Crippen LogP contribution is 2.31. The molecule has 1 heterocycles. The lowest BCUT2D eigenvalue weighted by Crippen LogP contribution is -2.31. The van der Waals surface area contributed by atoms with Gasteiger partial charge in [0.05, 0.1) is 5.56 Å². The van der Waals surface area contributed by atoms with Crippen LogP contribution in [0.25, 0.3) is 22.9 Å². The minimum Gasteiger partial charge on any atom is -0.483 e. The largest absolute Gasteiger partial charge is 0.483 e. The van der Waals surface area contributed by atoms with Crippen LogP contribution in [0.4, 0.5) is 10.1 Å². The third-order valence-electron chi connectivity index (χ3n) is 4.50. The predicted octanol–water partition coefficient (Wildman–Crippen LogP) is 4.58. The highest BCUT2D eigenvalue weighted by molar-refractivity contribution is 5.94. The quantitative estimate of drug-likeness (QED) is 0.471. The van der Waals surface area contributed by atoms with Gasteiger partial charge in [0.1, 0.15) is 11.6 Å². The number of halogens is 1. The van der Waals surface area contributed by atoms with E-state index in [1.54, 1.807) is 25.2 Å². The van der Waals surface area contributed by atoms with Crippen LogP contribution >= 0.6 is 0 Å². The minimum absolute atomic E-state index is 0.204. The molecule has 7 heteroatoms. The third kappa shape index (κ3) is 4.20. The average molecular weight is 403 g/mol. The van der Waals surface area contributed by atoms with Crippen molar-refractivity contribution in [3.05, 3.63) is 84.7 Å². The van der Waals surface area contributed by atoms with Crippen molar-refractivity contribution < 1.29 is 18.3 Å². The number of carbonyl (C=O) groups excluding carboxylic acids is 1. The van der Waals surface area contributed by atoms with Crippen molar-refractivity contribution in [3.8, 4) is 28.7 Å². The summed E-state index contributed by atoms with van der Waals surface area (Å²) in [5, 5.41) is 8.21. The molecular weight excluding hydrogens is 385 g/mol. The number of hydrogen-bond acceptors (Lipinski definition) is 5. The number of nitrogens with zero attached hydrogens (tertiary/aromatic N) is 3. The zero-order valence-electron chi connectivity index (χ0n) is 16.2. The first-order chi connectivity index (χ1) is 14.6. The summed E-state index contributed by atoms with van der Waals surface area (Å²) in [5.41, 5.74) is 1.97. The Bertz CT molecular complexity index is 1140. The Balaban J connectivity index is 1.49. The van der Waals surface area contributed by atoms with Gasteiger partial charge in [-0.25, -0.2) is 4.39 Å². The number of aromatic nitrogens is 2. The van der Waals surface area contributed by atoms with Gasteiger partial charge in [0.2, 0.25) is 5.89 Å². The predicted molar refractivity (Wildman–Crippen MR) is 110 cm³/mol. The number of hydrogen-bond donors (Lipinski definition) is 0. The molecule has 0 saturated carbocycles. The molecule has 0 atom stereocenters. The van der Waals surface area contributed by atoms with Crippen LogP contribution in [0.2, 0.25) is 0 Å². The fourth-order valence-electron chi connectivity index (χ4n) is 2.84. The third-order valence-corrected chi connectivity index (χ3v) is 4.50. The normalized spacial score (nSPS) is 10.6. The van der Waals surface area contributed by atoms with Gasteiger partial charge in [-0.15, -0.1) is 10.2 Å². The van der Waals surface area contributed by atoms with Crippen LogP contribution in [-0.4, -0.2) is 29.8 Å². The molecule has 1 aromatic heterocycles. The Morgan fingerprint density at radius 2 is 1.60 bits per heavy atom. The minimum atomic E-state index is -0.362. The molecule has 0 saturated heterocycles. The number of likely N-dealkylation sites (N-methyl/N-ethyl adjacent to an activating group) is 1. The van der Waals surface area contributed by atoms with Gasteiger partial charge in [-0.3, -0.25) is 4.79 Å². The lowest BCUT2D eigenvalue weighted by Gasteiger charge is -2.18. The first-order valence-electron chi connectivity index (χ1n) is 9.25. The van der Waals surface area contributed by atoms with Crippen molar-refractivity contribution in [2.75, 3.05) is 18.6 Å². The van der Waals surface area contributed by atoms with Crippen molar-refractivity contribution in [1.82, 2.24) is 10.2 Å². The van der Waals surface area contributed by atoms with Crippen molar-refractivity contribution >= 4 is 11.6 Å². The first kappa shape index (κ1) is 19.3. The maximum absolute atomic E-state index is 13.1. The summed E-state index contributed by atoms with van der Waals surface area (Å²) < 4.78 is 24.6. The Morgan fingerprint density at radius 1 is 0.933 bits per heavy atom. The summed E-state index contributed by atoms with van der Waals surface area (Å²) in [4.78, 5) is 13.9. The van der Waals surface area contributed by atoms with E-state index in [1.807, 2.05) is 36.4 Å². The molecule has 4 rings (SSSR count). The van der Waals surface area contributed by atoms with E-state index in [-0.39, 0.29) is 18.3 Å². The van der Waals surface area contributed by atoms with E-state index in [9.17, 15) is 9.18 Å². The van der Waals surface area contributed by atoms with Gasteiger partial charge in [0.15, 0.2) is 6.61 Å². The Kier molecular flexibility index (Phi) is 5.52. The lowest BCUT2D eigenvalue weighted by molar-refractivity contribution is -0.120. The lowest BCUT2D eigenvalue weighted by atomic mass is 10.2. The summed E-state index contributed by atoms with van der Waals surface area (Å²) in [6.45, 7) is -0.204. The van der Waals surface area contributed by atoms with Crippen LogP contribution in [0.15, 0.2) is 83.3 Å². The molecule has 150 valence electrons.